The summed E-state index contributed by atoms with van der Waals surface area (Å²) < 4.78 is 45.8. The first-order chi connectivity index (χ1) is 21.1. The SMILES string of the molecule is O=C(CN1CC[C@H]2NC(=O)[C@H](Cc3ccccc3)NC(=O)C3(CC=CC[C@H]2C1)CCOCC3)Nc1ccccc1C(F)(F)F. The molecule has 11 heteroatoms. The van der Waals surface area contributed by atoms with Gasteiger partial charge in [0.05, 0.1) is 23.2 Å². The summed E-state index contributed by atoms with van der Waals surface area (Å²) in [6.07, 6.45) is 2.69. The Morgan fingerprint density at radius 2 is 1.73 bits per heavy atom. The van der Waals surface area contributed by atoms with Crippen molar-refractivity contribution in [2.45, 2.75) is 56.8 Å². The molecule has 1 spiro atoms. The van der Waals surface area contributed by atoms with Crippen molar-refractivity contribution in [3.8, 4) is 0 Å². The van der Waals surface area contributed by atoms with Crippen molar-refractivity contribution in [3.63, 3.8) is 0 Å². The lowest BCUT2D eigenvalue weighted by Crippen LogP contribution is -2.58. The lowest BCUT2D eigenvalue weighted by Gasteiger charge is -2.40. The number of nitrogens with zero attached hydrogens (tertiary/aromatic N) is 1. The molecule has 0 aromatic heterocycles. The number of nitrogens with one attached hydrogen (secondary N) is 3. The minimum absolute atomic E-state index is 0.0302. The van der Waals surface area contributed by atoms with Crippen LogP contribution in [0, 0.1) is 11.3 Å². The fourth-order valence-corrected chi connectivity index (χ4v) is 6.43. The number of hydrogen-bond acceptors (Lipinski definition) is 5. The number of para-hydroxylation sites is 1. The van der Waals surface area contributed by atoms with Crippen molar-refractivity contribution in [1.82, 2.24) is 15.5 Å². The third-order valence-corrected chi connectivity index (χ3v) is 8.97. The van der Waals surface area contributed by atoms with Crippen molar-refractivity contribution in [1.29, 1.82) is 0 Å². The molecule has 3 amide bonds. The molecule has 3 atom stereocenters. The summed E-state index contributed by atoms with van der Waals surface area (Å²) >= 11 is 0. The molecular formula is C33H39F3N4O4. The van der Waals surface area contributed by atoms with Gasteiger partial charge in [0.1, 0.15) is 6.04 Å². The van der Waals surface area contributed by atoms with Crippen LogP contribution >= 0.6 is 0 Å². The summed E-state index contributed by atoms with van der Waals surface area (Å²) in [5.74, 6) is -0.942. The molecule has 3 aliphatic heterocycles. The normalized spacial score (nSPS) is 24.8. The highest BCUT2D eigenvalue weighted by Gasteiger charge is 2.42. The lowest BCUT2D eigenvalue weighted by atomic mass is 9.75. The van der Waals surface area contributed by atoms with Crippen LogP contribution in [0.4, 0.5) is 18.9 Å². The number of hydrogen-bond donors (Lipinski definition) is 3. The number of amides is 3. The van der Waals surface area contributed by atoms with E-state index in [0.29, 0.717) is 64.8 Å². The van der Waals surface area contributed by atoms with Crippen molar-refractivity contribution in [2.24, 2.45) is 11.3 Å². The van der Waals surface area contributed by atoms with Gasteiger partial charge in [0.15, 0.2) is 0 Å². The van der Waals surface area contributed by atoms with Gasteiger partial charge in [-0.2, -0.15) is 13.2 Å². The number of halogens is 3. The fraction of sp³-hybridized carbons (Fsp3) is 0.485. The molecule has 2 aromatic rings. The number of carbonyl (C=O) groups excluding carboxylic acids is 3. The molecule has 2 aromatic carbocycles. The molecule has 2 fully saturated rings. The fourth-order valence-electron chi connectivity index (χ4n) is 6.43. The Morgan fingerprint density at radius 3 is 2.48 bits per heavy atom. The van der Waals surface area contributed by atoms with E-state index in [2.05, 4.69) is 16.0 Å². The number of benzene rings is 2. The van der Waals surface area contributed by atoms with Crippen LogP contribution in [-0.4, -0.2) is 67.6 Å². The largest absolute Gasteiger partial charge is 0.418 e. The molecule has 5 rings (SSSR count). The molecule has 0 bridgehead atoms. The van der Waals surface area contributed by atoms with Gasteiger partial charge in [0.25, 0.3) is 0 Å². The number of alkyl halides is 3. The second kappa shape index (κ2) is 13.9. The van der Waals surface area contributed by atoms with E-state index in [1.807, 2.05) is 47.4 Å². The molecule has 2 saturated heterocycles. The first kappa shape index (κ1) is 31.7. The van der Waals surface area contributed by atoms with Crippen LogP contribution in [0.2, 0.25) is 0 Å². The van der Waals surface area contributed by atoms with Crippen LogP contribution in [0.15, 0.2) is 66.7 Å². The average molecular weight is 613 g/mol. The quantitative estimate of drug-likeness (QED) is 0.437. The number of anilines is 1. The molecular weight excluding hydrogens is 573 g/mol. The first-order valence-corrected chi connectivity index (χ1v) is 15.2. The molecule has 44 heavy (non-hydrogen) atoms. The predicted molar refractivity (Wildman–Crippen MR) is 159 cm³/mol. The Morgan fingerprint density at radius 1 is 1.00 bits per heavy atom. The Hall–Kier alpha value is -3.70. The van der Waals surface area contributed by atoms with E-state index >= 15 is 0 Å². The third kappa shape index (κ3) is 7.87. The molecule has 0 radical (unpaired) electrons. The maximum Gasteiger partial charge on any atom is 0.418 e. The minimum Gasteiger partial charge on any atom is -0.381 e. The van der Waals surface area contributed by atoms with Crippen molar-refractivity contribution < 1.29 is 32.3 Å². The summed E-state index contributed by atoms with van der Waals surface area (Å²) in [6.45, 7) is 1.86. The standard InChI is InChI=1S/C33H39F3N4O4/c34-33(35,36)25-11-4-5-12-27(25)37-29(41)22-40-17-13-26-24(21-40)10-6-7-14-32(15-18-44-19-16-32)31(43)39-28(30(42)38-26)20-23-8-2-1-3-9-23/h1-9,11-12,24,26,28H,10,13-22H2,(H,37,41)(H,38,42)(H,39,43)/t24-,26+,28-/m0/s1. The molecule has 8 nitrogen and oxygen atoms in total. The van der Waals surface area contributed by atoms with E-state index < -0.39 is 29.1 Å². The maximum atomic E-state index is 13.7. The zero-order chi connectivity index (χ0) is 31.2. The van der Waals surface area contributed by atoms with E-state index in [0.717, 1.165) is 11.6 Å². The van der Waals surface area contributed by atoms with Crippen LogP contribution < -0.4 is 16.0 Å². The predicted octanol–water partition coefficient (Wildman–Crippen LogP) is 4.32. The van der Waals surface area contributed by atoms with Crippen molar-refractivity contribution >= 4 is 23.4 Å². The van der Waals surface area contributed by atoms with E-state index in [9.17, 15) is 27.6 Å². The third-order valence-electron chi connectivity index (χ3n) is 8.97. The number of rotatable bonds is 5. The highest BCUT2D eigenvalue weighted by atomic mass is 19.4. The number of likely N-dealkylation sites (tertiary alicyclic amines) is 1. The molecule has 0 unspecified atom stereocenters. The Bertz CT molecular complexity index is 1340. The average Bonchev–Trinajstić information content (AvgIpc) is 3.00. The molecule has 0 aliphatic carbocycles. The molecule has 3 aliphatic rings. The van der Waals surface area contributed by atoms with Gasteiger partial charge in [0, 0.05) is 38.8 Å². The summed E-state index contributed by atoms with van der Waals surface area (Å²) in [7, 11) is 0. The number of carbonyl (C=O) groups is 3. The summed E-state index contributed by atoms with van der Waals surface area (Å²) in [5.41, 5.74) is -0.884. The number of piperidine rings is 1. The van der Waals surface area contributed by atoms with E-state index in [1.165, 1.54) is 18.2 Å². The minimum atomic E-state index is -4.58. The zero-order valence-corrected chi connectivity index (χ0v) is 24.6. The van der Waals surface area contributed by atoms with Gasteiger partial charge in [-0.15, -0.1) is 0 Å². The summed E-state index contributed by atoms with van der Waals surface area (Å²) in [4.78, 5) is 42.2. The maximum absolute atomic E-state index is 13.7. The second-order valence-electron chi connectivity index (χ2n) is 12.0. The van der Waals surface area contributed by atoms with Crippen LogP contribution in [0.3, 0.4) is 0 Å². The topological polar surface area (TPSA) is 99.8 Å². The monoisotopic (exact) mass is 612 g/mol. The summed E-state index contributed by atoms with van der Waals surface area (Å²) in [5, 5.41) is 8.70. The Labute approximate surface area is 255 Å². The zero-order valence-electron chi connectivity index (χ0n) is 24.6. The van der Waals surface area contributed by atoms with Crippen molar-refractivity contribution in [2.75, 3.05) is 38.2 Å². The Balaban J connectivity index is 1.31. The van der Waals surface area contributed by atoms with Gasteiger partial charge >= 0.3 is 6.18 Å². The Kier molecular flexibility index (Phi) is 10.1. The molecule has 3 heterocycles. The van der Waals surface area contributed by atoms with E-state index in [-0.39, 0.29) is 36.0 Å². The van der Waals surface area contributed by atoms with E-state index in [1.54, 1.807) is 0 Å². The van der Waals surface area contributed by atoms with E-state index in [4.69, 9.17) is 4.74 Å². The smallest absolute Gasteiger partial charge is 0.381 e. The van der Waals surface area contributed by atoms with Crippen molar-refractivity contribution in [3.05, 3.63) is 77.9 Å². The van der Waals surface area contributed by atoms with Crippen LogP contribution in [-0.2, 0) is 31.7 Å². The first-order valence-electron chi connectivity index (χ1n) is 15.2. The highest BCUT2D eigenvalue weighted by Crippen LogP contribution is 2.36. The second-order valence-corrected chi connectivity index (χ2v) is 12.0. The van der Waals surface area contributed by atoms with Gasteiger partial charge in [0.2, 0.25) is 17.7 Å². The lowest BCUT2D eigenvalue weighted by molar-refractivity contribution is -0.140. The molecule has 0 saturated carbocycles. The number of allylic oxidation sites excluding steroid dienone is 2. The molecule has 3 N–H and O–H groups in total. The highest BCUT2D eigenvalue weighted by molar-refractivity contribution is 5.93. The van der Waals surface area contributed by atoms with Gasteiger partial charge in [-0.05, 0) is 55.7 Å². The summed E-state index contributed by atoms with van der Waals surface area (Å²) in [6, 6.07) is 13.6. The van der Waals surface area contributed by atoms with Gasteiger partial charge < -0.3 is 20.7 Å². The van der Waals surface area contributed by atoms with Gasteiger partial charge in [-0.3, -0.25) is 19.3 Å². The van der Waals surface area contributed by atoms with Crippen LogP contribution in [0.5, 0.6) is 0 Å². The van der Waals surface area contributed by atoms with Gasteiger partial charge in [-0.25, -0.2) is 0 Å². The molecule has 236 valence electrons. The number of fused-ring (bicyclic) bond motifs is 1. The van der Waals surface area contributed by atoms with Crippen LogP contribution in [0.1, 0.15) is 43.2 Å². The number of ether oxygens (including phenoxy) is 1. The van der Waals surface area contributed by atoms with Crippen LogP contribution in [0.25, 0.3) is 0 Å². The van der Waals surface area contributed by atoms with Gasteiger partial charge in [-0.1, -0.05) is 54.6 Å².